The van der Waals surface area contributed by atoms with Gasteiger partial charge in [0, 0.05) is 36.3 Å². The number of nitro benzene ring substituents is 1. The maximum absolute atomic E-state index is 12.5. The zero-order valence-electron chi connectivity index (χ0n) is 11.5. The van der Waals surface area contributed by atoms with Crippen LogP contribution in [0.15, 0.2) is 18.2 Å². The first-order valence-electron chi connectivity index (χ1n) is 6.80. The van der Waals surface area contributed by atoms with E-state index in [0.717, 1.165) is 19.3 Å². The lowest BCUT2D eigenvalue weighted by atomic mass is 10.00. The van der Waals surface area contributed by atoms with Gasteiger partial charge in [0.2, 0.25) is 0 Å². The van der Waals surface area contributed by atoms with Crippen LogP contribution >= 0.6 is 0 Å². The maximum Gasteiger partial charge on any atom is 0.272 e. The molecule has 1 aromatic rings. The molecule has 1 atom stereocenters. The summed E-state index contributed by atoms with van der Waals surface area (Å²) in [5, 5.41) is 10.8. The minimum Gasteiger partial charge on any atom is -0.334 e. The van der Waals surface area contributed by atoms with Gasteiger partial charge in [-0.3, -0.25) is 14.9 Å². The van der Waals surface area contributed by atoms with Crippen molar-refractivity contribution in [2.24, 2.45) is 5.73 Å². The van der Waals surface area contributed by atoms with Gasteiger partial charge in [-0.15, -0.1) is 0 Å². The molecule has 0 spiro atoms. The van der Waals surface area contributed by atoms with Crippen LogP contribution in [0.3, 0.4) is 0 Å². The van der Waals surface area contributed by atoms with Crippen LogP contribution in [0, 0.1) is 17.0 Å². The second kappa shape index (κ2) is 6.00. The number of aryl methyl sites for hydroxylation is 1. The minimum atomic E-state index is -0.437. The van der Waals surface area contributed by atoms with E-state index >= 15 is 0 Å². The van der Waals surface area contributed by atoms with Crippen molar-refractivity contribution >= 4 is 11.6 Å². The molecule has 1 amide bonds. The summed E-state index contributed by atoms with van der Waals surface area (Å²) < 4.78 is 0. The van der Waals surface area contributed by atoms with Gasteiger partial charge < -0.3 is 10.6 Å². The van der Waals surface area contributed by atoms with Crippen LogP contribution in [0.25, 0.3) is 0 Å². The molecule has 0 saturated carbocycles. The predicted octanol–water partition coefficient (Wildman–Crippen LogP) is 1.86. The van der Waals surface area contributed by atoms with E-state index in [2.05, 4.69) is 0 Å². The highest BCUT2D eigenvalue weighted by Crippen LogP contribution is 2.23. The van der Waals surface area contributed by atoms with E-state index in [1.54, 1.807) is 17.9 Å². The van der Waals surface area contributed by atoms with Crippen molar-refractivity contribution in [2.45, 2.75) is 32.2 Å². The van der Waals surface area contributed by atoms with Crippen LogP contribution in [0.5, 0.6) is 0 Å². The third-order valence-electron chi connectivity index (χ3n) is 3.80. The summed E-state index contributed by atoms with van der Waals surface area (Å²) in [6.07, 6.45) is 2.99. The number of nitrogens with zero attached hydrogens (tertiary/aromatic N) is 2. The van der Waals surface area contributed by atoms with Crippen molar-refractivity contribution < 1.29 is 9.72 Å². The molecule has 1 heterocycles. The number of amides is 1. The monoisotopic (exact) mass is 277 g/mol. The van der Waals surface area contributed by atoms with Crippen molar-refractivity contribution in [1.82, 2.24) is 4.90 Å². The molecule has 2 rings (SSSR count). The summed E-state index contributed by atoms with van der Waals surface area (Å²) in [5.74, 6) is -0.0850. The Balaban J connectivity index is 2.24. The largest absolute Gasteiger partial charge is 0.334 e. The van der Waals surface area contributed by atoms with Crippen molar-refractivity contribution in [3.05, 3.63) is 39.4 Å². The molecule has 2 N–H and O–H groups in total. The van der Waals surface area contributed by atoms with Gasteiger partial charge in [0.1, 0.15) is 0 Å². The van der Waals surface area contributed by atoms with E-state index in [1.807, 2.05) is 0 Å². The molecular weight excluding hydrogens is 258 g/mol. The van der Waals surface area contributed by atoms with E-state index in [0.29, 0.717) is 24.2 Å². The van der Waals surface area contributed by atoms with E-state index in [-0.39, 0.29) is 17.6 Å². The Morgan fingerprint density at radius 2 is 2.25 bits per heavy atom. The fraction of sp³-hybridized carbons (Fsp3) is 0.500. The summed E-state index contributed by atoms with van der Waals surface area (Å²) in [7, 11) is 0. The number of benzene rings is 1. The third-order valence-corrected chi connectivity index (χ3v) is 3.80. The van der Waals surface area contributed by atoms with Crippen molar-refractivity contribution in [1.29, 1.82) is 0 Å². The topological polar surface area (TPSA) is 89.5 Å². The van der Waals surface area contributed by atoms with Crippen LogP contribution in [0.4, 0.5) is 5.69 Å². The Kier molecular flexibility index (Phi) is 4.34. The lowest BCUT2D eigenvalue weighted by molar-refractivity contribution is -0.385. The molecule has 1 aliphatic rings. The average molecular weight is 277 g/mol. The fourth-order valence-corrected chi connectivity index (χ4v) is 2.67. The first-order valence-corrected chi connectivity index (χ1v) is 6.80. The highest BCUT2D eigenvalue weighted by Gasteiger charge is 2.27. The molecule has 0 aliphatic carbocycles. The standard InChI is InChI=1S/C14H19N3O3/c1-10-8-11(5-6-13(10)17(19)20)14(18)16-7-3-2-4-12(16)9-15/h5-6,8,12H,2-4,7,9,15H2,1H3. The third kappa shape index (κ3) is 2.80. The molecule has 1 saturated heterocycles. The van der Waals surface area contributed by atoms with Gasteiger partial charge >= 0.3 is 0 Å². The molecule has 0 aromatic heterocycles. The number of hydrogen-bond donors (Lipinski definition) is 1. The van der Waals surface area contributed by atoms with Gasteiger partial charge in [-0.2, -0.15) is 0 Å². The molecule has 6 nitrogen and oxygen atoms in total. The van der Waals surface area contributed by atoms with Gasteiger partial charge in [0.15, 0.2) is 0 Å². The number of carbonyl (C=O) groups excluding carboxylic acids is 1. The zero-order valence-corrected chi connectivity index (χ0v) is 11.5. The molecule has 1 aromatic carbocycles. The molecule has 6 heteroatoms. The summed E-state index contributed by atoms with van der Waals surface area (Å²) >= 11 is 0. The average Bonchev–Trinajstić information content (AvgIpc) is 2.45. The quantitative estimate of drug-likeness (QED) is 0.674. The predicted molar refractivity (Wildman–Crippen MR) is 75.6 cm³/mol. The van der Waals surface area contributed by atoms with E-state index < -0.39 is 4.92 Å². The Morgan fingerprint density at radius 3 is 2.85 bits per heavy atom. The Hall–Kier alpha value is -1.95. The van der Waals surface area contributed by atoms with E-state index in [4.69, 9.17) is 5.73 Å². The van der Waals surface area contributed by atoms with Crippen LogP contribution in [-0.4, -0.2) is 34.9 Å². The zero-order chi connectivity index (χ0) is 14.7. The molecule has 108 valence electrons. The number of hydrogen-bond acceptors (Lipinski definition) is 4. The van der Waals surface area contributed by atoms with Crippen molar-refractivity contribution in [3.8, 4) is 0 Å². The number of nitro groups is 1. The van der Waals surface area contributed by atoms with Gasteiger partial charge in [-0.05, 0) is 38.3 Å². The fourth-order valence-electron chi connectivity index (χ4n) is 2.67. The summed E-state index contributed by atoms with van der Waals surface area (Å²) in [4.78, 5) is 24.7. The van der Waals surface area contributed by atoms with E-state index in [9.17, 15) is 14.9 Å². The summed E-state index contributed by atoms with van der Waals surface area (Å²) in [6.45, 7) is 2.81. The van der Waals surface area contributed by atoms with Crippen LogP contribution in [-0.2, 0) is 0 Å². The number of likely N-dealkylation sites (tertiary alicyclic amines) is 1. The molecule has 20 heavy (non-hydrogen) atoms. The van der Waals surface area contributed by atoms with Crippen molar-refractivity contribution in [2.75, 3.05) is 13.1 Å². The van der Waals surface area contributed by atoms with E-state index in [1.165, 1.54) is 12.1 Å². The highest BCUT2D eigenvalue weighted by atomic mass is 16.6. The summed E-state index contributed by atoms with van der Waals surface area (Å²) in [6, 6.07) is 4.58. The minimum absolute atomic E-state index is 0.0376. The van der Waals surface area contributed by atoms with Gasteiger partial charge in [-0.1, -0.05) is 0 Å². The lowest BCUT2D eigenvalue weighted by Crippen LogP contribution is -2.47. The Bertz CT molecular complexity index is 530. The Labute approximate surface area is 117 Å². The molecule has 1 fully saturated rings. The Morgan fingerprint density at radius 1 is 1.50 bits per heavy atom. The van der Waals surface area contributed by atoms with Gasteiger partial charge in [0.25, 0.3) is 11.6 Å². The maximum atomic E-state index is 12.5. The smallest absolute Gasteiger partial charge is 0.272 e. The first kappa shape index (κ1) is 14.5. The van der Waals surface area contributed by atoms with Gasteiger partial charge in [-0.25, -0.2) is 0 Å². The normalized spacial score (nSPS) is 18.9. The van der Waals surface area contributed by atoms with Crippen LogP contribution < -0.4 is 5.73 Å². The van der Waals surface area contributed by atoms with Crippen LogP contribution in [0.1, 0.15) is 35.2 Å². The highest BCUT2D eigenvalue weighted by molar-refractivity contribution is 5.95. The molecule has 0 bridgehead atoms. The first-order chi connectivity index (χ1) is 9.54. The SMILES string of the molecule is Cc1cc(C(=O)N2CCCCC2CN)ccc1[N+](=O)[O-]. The molecule has 1 unspecified atom stereocenters. The lowest BCUT2D eigenvalue weighted by Gasteiger charge is -2.35. The number of carbonyl (C=O) groups is 1. The molecular formula is C14H19N3O3. The second-order valence-corrected chi connectivity index (χ2v) is 5.14. The van der Waals surface area contributed by atoms with Crippen LogP contribution in [0.2, 0.25) is 0 Å². The molecule has 0 radical (unpaired) electrons. The summed E-state index contributed by atoms with van der Waals surface area (Å²) in [5.41, 5.74) is 6.75. The molecule has 1 aliphatic heterocycles. The second-order valence-electron chi connectivity index (χ2n) is 5.14. The number of nitrogens with two attached hydrogens (primary N) is 1. The number of piperidine rings is 1. The van der Waals surface area contributed by atoms with Crippen molar-refractivity contribution in [3.63, 3.8) is 0 Å². The van der Waals surface area contributed by atoms with Gasteiger partial charge in [0.05, 0.1) is 4.92 Å². The number of rotatable bonds is 3.